The second-order valence-electron chi connectivity index (χ2n) is 7.06. The third kappa shape index (κ3) is 5.24. The van der Waals surface area contributed by atoms with Crippen LogP contribution >= 0.6 is 11.8 Å². The first kappa shape index (κ1) is 22.6. The Kier molecular flexibility index (Phi) is 6.47. The number of sulfonamides is 1. The average Bonchev–Trinajstić information content (AvgIpc) is 3.28. The highest BCUT2D eigenvalue weighted by molar-refractivity contribution is 7.98. The van der Waals surface area contributed by atoms with Gasteiger partial charge in [-0.05, 0) is 61.7 Å². The number of benzene rings is 3. The van der Waals surface area contributed by atoms with Gasteiger partial charge in [-0.3, -0.25) is 14.8 Å². The van der Waals surface area contributed by atoms with Gasteiger partial charge in [-0.25, -0.2) is 8.42 Å². The Morgan fingerprint density at radius 2 is 1.64 bits per heavy atom. The zero-order chi connectivity index (χ0) is 23.4. The normalized spacial score (nSPS) is 11.2. The molecule has 1 aromatic heterocycles. The van der Waals surface area contributed by atoms with Gasteiger partial charge in [0.25, 0.3) is 15.9 Å². The SMILES string of the molecule is CSc1ccc(-c2nnc(NC(=O)c3ccccc3NS(=O)(=O)c3ccc(C)cc3)o2)cc1. The number of aryl methyl sites for hydroxylation is 1. The number of aromatic nitrogens is 2. The van der Waals surface area contributed by atoms with E-state index in [2.05, 4.69) is 20.2 Å². The highest BCUT2D eigenvalue weighted by Gasteiger charge is 2.20. The highest BCUT2D eigenvalue weighted by atomic mass is 32.2. The molecule has 1 heterocycles. The summed E-state index contributed by atoms with van der Waals surface area (Å²) in [5.74, 6) is -0.337. The van der Waals surface area contributed by atoms with Gasteiger partial charge in [-0.15, -0.1) is 16.9 Å². The van der Waals surface area contributed by atoms with Gasteiger partial charge in [-0.2, -0.15) is 0 Å². The molecule has 3 aromatic carbocycles. The van der Waals surface area contributed by atoms with Crippen molar-refractivity contribution in [3.05, 3.63) is 83.9 Å². The Morgan fingerprint density at radius 3 is 2.33 bits per heavy atom. The van der Waals surface area contributed by atoms with Gasteiger partial charge in [-0.1, -0.05) is 34.9 Å². The van der Waals surface area contributed by atoms with Crippen LogP contribution in [0.1, 0.15) is 15.9 Å². The van der Waals surface area contributed by atoms with E-state index in [1.54, 1.807) is 36.0 Å². The van der Waals surface area contributed by atoms with Gasteiger partial charge in [0.15, 0.2) is 0 Å². The molecule has 168 valence electrons. The zero-order valence-electron chi connectivity index (χ0n) is 17.8. The molecule has 8 nitrogen and oxygen atoms in total. The molecule has 4 rings (SSSR count). The van der Waals surface area contributed by atoms with Crippen LogP contribution in [-0.4, -0.2) is 30.8 Å². The van der Waals surface area contributed by atoms with Crippen molar-refractivity contribution in [2.24, 2.45) is 0 Å². The number of nitrogens with one attached hydrogen (secondary N) is 2. The summed E-state index contributed by atoms with van der Waals surface area (Å²) >= 11 is 1.62. The Balaban J connectivity index is 1.53. The molecule has 33 heavy (non-hydrogen) atoms. The smallest absolute Gasteiger partial charge is 0.322 e. The molecule has 10 heteroatoms. The van der Waals surface area contributed by atoms with Crippen molar-refractivity contribution in [2.45, 2.75) is 16.7 Å². The van der Waals surface area contributed by atoms with Crippen LogP contribution in [0.3, 0.4) is 0 Å². The fraction of sp³-hybridized carbons (Fsp3) is 0.0870. The van der Waals surface area contributed by atoms with Crippen LogP contribution in [0.25, 0.3) is 11.5 Å². The second kappa shape index (κ2) is 9.47. The maximum absolute atomic E-state index is 12.9. The van der Waals surface area contributed by atoms with Crippen molar-refractivity contribution in [3.8, 4) is 11.5 Å². The maximum atomic E-state index is 12.9. The predicted molar refractivity (Wildman–Crippen MR) is 128 cm³/mol. The molecule has 0 spiro atoms. The van der Waals surface area contributed by atoms with Gasteiger partial charge >= 0.3 is 6.01 Å². The molecule has 0 radical (unpaired) electrons. The molecule has 4 aromatic rings. The van der Waals surface area contributed by atoms with Crippen LogP contribution in [0.4, 0.5) is 11.7 Å². The van der Waals surface area contributed by atoms with E-state index in [1.807, 2.05) is 37.4 Å². The summed E-state index contributed by atoms with van der Waals surface area (Å²) in [5, 5.41) is 10.4. The molecule has 1 amide bonds. The maximum Gasteiger partial charge on any atom is 0.322 e. The number of rotatable bonds is 7. The highest BCUT2D eigenvalue weighted by Crippen LogP contribution is 2.25. The number of amides is 1. The summed E-state index contributed by atoms with van der Waals surface area (Å²) in [7, 11) is -3.88. The minimum Gasteiger partial charge on any atom is -0.403 e. The van der Waals surface area contributed by atoms with Crippen molar-refractivity contribution in [1.82, 2.24) is 10.2 Å². The summed E-state index contributed by atoms with van der Waals surface area (Å²) in [6, 6.07) is 20.1. The lowest BCUT2D eigenvalue weighted by atomic mass is 10.2. The number of para-hydroxylation sites is 1. The summed E-state index contributed by atoms with van der Waals surface area (Å²) < 4.78 is 33.6. The fourth-order valence-corrected chi connectivity index (χ4v) is 4.47. The predicted octanol–water partition coefficient (Wildman–Crippen LogP) is 4.82. The van der Waals surface area contributed by atoms with Gasteiger partial charge in [0, 0.05) is 10.5 Å². The number of hydrogen-bond donors (Lipinski definition) is 2. The molecule has 0 fully saturated rings. The summed E-state index contributed by atoms with van der Waals surface area (Å²) in [4.78, 5) is 14.0. The van der Waals surface area contributed by atoms with E-state index in [-0.39, 0.29) is 28.1 Å². The molecule has 0 saturated carbocycles. The minimum atomic E-state index is -3.88. The van der Waals surface area contributed by atoms with Crippen molar-refractivity contribution in [3.63, 3.8) is 0 Å². The lowest BCUT2D eigenvalue weighted by Gasteiger charge is -2.12. The van der Waals surface area contributed by atoms with E-state index in [0.717, 1.165) is 10.5 Å². The summed E-state index contributed by atoms with van der Waals surface area (Å²) in [5.41, 5.74) is 1.89. The summed E-state index contributed by atoms with van der Waals surface area (Å²) in [6.07, 6.45) is 1.98. The van der Waals surface area contributed by atoms with Crippen LogP contribution in [0.2, 0.25) is 0 Å². The minimum absolute atomic E-state index is 0.0948. The fourth-order valence-electron chi connectivity index (χ4n) is 2.98. The quantitative estimate of drug-likeness (QED) is 0.365. The molecule has 2 N–H and O–H groups in total. The van der Waals surface area contributed by atoms with Gasteiger partial charge in [0.1, 0.15) is 0 Å². The number of thioether (sulfide) groups is 1. The average molecular weight is 481 g/mol. The lowest BCUT2D eigenvalue weighted by Crippen LogP contribution is -2.18. The summed E-state index contributed by atoms with van der Waals surface area (Å²) in [6.45, 7) is 1.87. The van der Waals surface area contributed by atoms with Crippen LogP contribution < -0.4 is 10.0 Å². The molecule has 0 saturated heterocycles. The molecule has 0 unspecified atom stereocenters. The van der Waals surface area contributed by atoms with E-state index in [1.165, 1.54) is 24.3 Å². The standard InChI is InChI=1S/C23H20N4O4S2/c1-15-7-13-18(14-8-15)33(29,30)27-20-6-4-3-5-19(20)21(28)24-23-26-25-22(31-23)16-9-11-17(32-2)12-10-16/h3-14,27H,1-2H3,(H,24,26,28). The molecule has 0 bridgehead atoms. The lowest BCUT2D eigenvalue weighted by molar-refractivity contribution is 0.102. The van der Waals surface area contributed by atoms with Crippen molar-refractivity contribution in [1.29, 1.82) is 0 Å². The van der Waals surface area contributed by atoms with Crippen LogP contribution in [0.5, 0.6) is 0 Å². The Hall–Kier alpha value is -3.63. The van der Waals surface area contributed by atoms with Gasteiger partial charge in [0.2, 0.25) is 5.89 Å². The molecule has 0 aliphatic carbocycles. The third-order valence-electron chi connectivity index (χ3n) is 4.73. The van der Waals surface area contributed by atoms with E-state index in [9.17, 15) is 13.2 Å². The molecular weight excluding hydrogens is 460 g/mol. The Labute approximate surface area is 195 Å². The van der Waals surface area contributed by atoms with Crippen molar-refractivity contribution in [2.75, 3.05) is 16.3 Å². The van der Waals surface area contributed by atoms with Crippen LogP contribution in [0.15, 0.2) is 87.0 Å². The molecular formula is C23H20N4O4S2. The largest absolute Gasteiger partial charge is 0.403 e. The van der Waals surface area contributed by atoms with E-state index in [0.29, 0.717) is 5.56 Å². The number of anilines is 2. The Morgan fingerprint density at radius 1 is 0.939 bits per heavy atom. The first-order valence-corrected chi connectivity index (χ1v) is 12.5. The van der Waals surface area contributed by atoms with Crippen LogP contribution in [-0.2, 0) is 10.0 Å². The molecule has 0 atom stereocenters. The molecule has 0 aliphatic heterocycles. The van der Waals surface area contributed by atoms with Crippen molar-refractivity contribution < 1.29 is 17.6 Å². The Bertz CT molecular complexity index is 1380. The van der Waals surface area contributed by atoms with Crippen molar-refractivity contribution >= 4 is 39.4 Å². The van der Waals surface area contributed by atoms with E-state index >= 15 is 0 Å². The first-order chi connectivity index (χ1) is 15.9. The monoisotopic (exact) mass is 480 g/mol. The number of nitrogens with zero attached hydrogens (tertiary/aromatic N) is 2. The second-order valence-corrected chi connectivity index (χ2v) is 9.62. The topological polar surface area (TPSA) is 114 Å². The third-order valence-corrected chi connectivity index (χ3v) is 6.85. The van der Waals surface area contributed by atoms with Gasteiger partial charge < -0.3 is 4.42 Å². The number of hydrogen-bond acceptors (Lipinski definition) is 7. The molecule has 0 aliphatic rings. The van der Waals surface area contributed by atoms with E-state index < -0.39 is 15.9 Å². The number of carbonyl (C=O) groups excluding carboxylic acids is 1. The van der Waals surface area contributed by atoms with Gasteiger partial charge in [0.05, 0.1) is 16.1 Å². The first-order valence-electron chi connectivity index (χ1n) is 9.83. The van der Waals surface area contributed by atoms with Crippen LogP contribution in [0, 0.1) is 6.92 Å². The number of carbonyl (C=O) groups is 1. The van der Waals surface area contributed by atoms with E-state index in [4.69, 9.17) is 4.42 Å². The zero-order valence-corrected chi connectivity index (χ0v) is 19.4.